The van der Waals surface area contributed by atoms with E-state index in [4.69, 9.17) is 0 Å². The molecule has 0 aromatic heterocycles. The van der Waals surface area contributed by atoms with Crippen LogP contribution in [-0.2, 0) is 0 Å². The van der Waals surface area contributed by atoms with Gasteiger partial charge in [0.05, 0.1) is 0 Å². The molecule has 0 atom stereocenters. The van der Waals surface area contributed by atoms with Gasteiger partial charge in [-0.1, -0.05) is 6.92 Å². The summed E-state index contributed by atoms with van der Waals surface area (Å²) in [5.41, 5.74) is 0. The van der Waals surface area contributed by atoms with Crippen LogP contribution in [0.5, 0.6) is 0 Å². The van der Waals surface area contributed by atoms with Crippen LogP contribution in [0.4, 0.5) is 0 Å². The SMILES string of the molecule is CCSC[N-]C.[Rb+]. The quantitative estimate of drug-likeness (QED) is 0.504. The Bertz CT molecular complexity index is 23.7. The number of rotatable bonds is 3. The second kappa shape index (κ2) is 11.0. The Balaban J connectivity index is 0. The van der Waals surface area contributed by atoms with Crippen molar-refractivity contribution in [1.82, 2.24) is 0 Å². The van der Waals surface area contributed by atoms with Crippen LogP contribution < -0.4 is 58.2 Å². The van der Waals surface area contributed by atoms with E-state index in [1.54, 1.807) is 0 Å². The van der Waals surface area contributed by atoms with Crippen LogP contribution in [0.15, 0.2) is 0 Å². The molecular formula is C4H10NRbS. The van der Waals surface area contributed by atoms with Crippen LogP contribution in [0.3, 0.4) is 0 Å². The molecule has 0 aliphatic carbocycles. The molecule has 0 spiro atoms. The summed E-state index contributed by atoms with van der Waals surface area (Å²) in [7, 11) is 1.84. The Morgan fingerprint density at radius 3 is 2.29 bits per heavy atom. The van der Waals surface area contributed by atoms with Crippen molar-refractivity contribution in [2.24, 2.45) is 0 Å². The molecular weight excluding hydrogens is 180 g/mol. The van der Waals surface area contributed by atoms with Gasteiger partial charge in [-0.3, -0.25) is 0 Å². The molecule has 0 saturated carbocycles. The fourth-order valence-corrected chi connectivity index (χ4v) is 0.548. The summed E-state index contributed by atoms with van der Waals surface area (Å²) in [4.78, 5) is 0. The standard InChI is InChI=1S/C4H10NS.Rb/c1-3-6-4-5-2;/h3-4H2,1-2H3;/q-1;+1. The number of thioether (sulfide) groups is 1. The molecule has 0 aromatic carbocycles. The minimum absolute atomic E-state index is 0. The van der Waals surface area contributed by atoms with Crippen LogP contribution in [0.25, 0.3) is 5.32 Å². The van der Waals surface area contributed by atoms with E-state index in [9.17, 15) is 0 Å². The molecule has 0 aliphatic rings. The zero-order valence-electron chi connectivity index (χ0n) is 5.27. The zero-order chi connectivity index (χ0) is 4.83. The molecule has 7 heavy (non-hydrogen) atoms. The van der Waals surface area contributed by atoms with Crippen molar-refractivity contribution in [3.8, 4) is 0 Å². The van der Waals surface area contributed by atoms with Crippen LogP contribution in [0, 0.1) is 0 Å². The molecule has 3 heteroatoms. The molecule has 0 heterocycles. The maximum Gasteiger partial charge on any atom is 1.00 e. The number of nitrogens with zero attached hydrogens (tertiary/aromatic N) is 1. The van der Waals surface area contributed by atoms with Crippen molar-refractivity contribution in [2.45, 2.75) is 6.92 Å². The fourth-order valence-electron chi connectivity index (χ4n) is 0.183. The molecule has 0 rings (SSSR count). The first-order chi connectivity index (χ1) is 2.91. The van der Waals surface area contributed by atoms with Gasteiger partial charge in [-0.2, -0.15) is 18.8 Å². The van der Waals surface area contributed by atoms with Crippen molar-refractivity contribution in [1.29, 1.82) is 0 Å². The summed E-state index contributed by atoms with van der Waals surface area (Å²) >= 11 is 1.84. The molecule has 38 valence electrons. The van der Waals surface area contributed by atoms with Crippen LogP contribution in [-0.4, -0.2) is 18.7 Å². The maximum atomic E-state index is 3.89. The molecule has 0 amide bonds. The van der Waals surface area contributed by atoms with Crippen LogP contribution in [0.2, 0.25) is 0 Å². The van der Waals surface area contributed by atoms with E-state index >= 15 is 0 Å². The van der Waals surface area contributed by atoms with Crippen molar-refractivity contribution in [2.75, 3.05) is 18.7 Å². The van der Waals surface area contributed by atoms with Gasteiger partial charge in [0.25, 0.3) is 0 Å². The van der Waals surface area contributed by atoms with Gasteiger partial charge in [0.15, 0.2) is 0 Å². The third kappa shape index (κ3) is 11.6. The summed E-state index contributed by atoms with van der Waals surface area (Å²) in [5, 5.41) is 3.89. The predicted octanol–water partition coefficient (Wildman–Crippen LogP) is -1.30. The van der Waals surface area contributed by atoms with E-state index in [0.717, 1.165) is 5.88 Å². The van der Waals surface area contributed by atoms with Gasteiger partial charge in [0.1, 0.15) is 0 Å². The predicted molar refractivity (Wildman–Crippen MR) is 32.3 cm³/mol. The summed E-state index contributed by atoms with van der Waals surface area (Å²) in [6.45, 7) is 2.13. The molecule has 1 nitrogen and oxygen atoms in total. The van der Waals surface area contributed by atoms with Crippen molar-refractivity contribution >= 4 is 11.8 Å². The second-order valence-corrected chi connectivity index (χ2v) is 2.18. The zero-order valence-corrected chi connectivity index (χ0v) is 11.0. The van der Waals surface area contributed by atoms with Gasteiger partial charge < -0.3 is 5.32 Å². The first-order valence-electron chi connectivity index (χ1n) is 2.05. The first kappa shape index (κ1) is 11.9. The molecule has 0 unspecified atom stereocenters. The molecule has 0 aliphatic heterocycles. The number of hydrogen-bond donors (Lipinski definition) is 0. The molecule has 0 saturated heterocycles. The van der Waals surface area contributed by atoms with Crippen LogP contribution >= 0.6 is 11.8 Å². The summed E-state index contributed by atoms with van der Waals surface area (Å²) in [6.07, 6.45) is 0. The second-order valence-electron chi connectivity index (χ2n) is 0.938. The fraction of sp³-hybridized carbons (Fsp3) is 1.00. The molecule has 0 radical (unpaired) electrons. The summed E-state index contributed by atoms with van der Waals surface area (Å²) in [6, 6.07) is 0. The van der Waals surface area contributed by atoms with Gasteiger partial charge in [-0.15, -0.1) is 5.88 Å². The smallest absolute Gasteiger partial charge is 0.656 e. The maximum absolute atomic E-state index is 3.89. The first-order valence-corrected chi connectivity index (χ1v) is 3.20. The molecule has 0 fully saturated rings. The Hall–Kier alpha value is 2.12. The third-order valence-corrected chi connectivity index (χ3v) is 1.27. The molecule has 0 aromatic rings. The van der Waals surface area contributed by atoms with Crippen molar-refractivity contribution in [3.63, 3.8) is 0 Å². The average molecular weight is 190 g/mol. The summed E-state index contributed by atoms with van der Waals surface area (Å²) < 4.78 is 0. The number of hydrogen-bond acceptors (Lipinski definition) is 1. The van der Waals surface area contributed by atoms with Gasteiger partial charge in [0, 0.05) is 0 Å². The van der Waals surface area contributed by atoms with E-state index in [1.165, 1.54) is 5.75 Å². The monoisotopic (exact) mass is 189 g/mol. The van der Waals surface area contributed by atoms with Gasteiger partial charge in [-0.05, 0) is 5.75 Å². The normalized spacial score (nSPS) is 7.71. The summed E-state index contributed by atoms with van der Waals surface area (Å²) in [5.74, 6) is 2.13. The van der Waals surface area contributed by atoms with Gasteiger partial charge >= 0.3 is 58.2 Å². The largest absolute Gasteiger partial charge is 1.00 e. The third-order valence-electron chi connectivity index (χ3n) is 0.425. The Morgan fingerprint density at radius 1 is 1.57 bits per heavy atom. The van der Waals surface area contributed by atoms with Crippen LogP contribution in [0.1, 0.15) is 6.92 Å². The van der Waals surface area contributed by atoms with Gasteiger partial charge in [0.2, 0.25) is 0 Å². The Labute approximate surface area is 98.8 Å². The Morgan fingerprint density at radius 2 is 2.14 bits per heavy atom. The van der Waals surface area contributed by atoms with E-state index < -0.39 is 0 Å². The van der Waals surface area contributed by atoms with Gasteiger partial charge in [-0.25, -0.2) is 0 Å². The molecule has 0 N–H and O–H groups in total. The average Bonchev–Trinajstić information content (AvgIpc) is 1.61. The van der Waals surface area contributed by atoms with E-state index in [0.29, 0.717) is 0 Å². The van der Waals surface area contributed by atoms with E-state index in [2.05, 4.69) is 12.2 Å². The molecule has 0 bridgehead atoms. The minimum Gasteiger partial charge on any atom is -0.656 e. The topological polar surface area (TPSA) is 14.1 Å². The minimum atomic E-state index is 0. The van der Waals surface area contributed by atoms with E-state index in [-0.39, 0.29) is 58.2 Å². The van der Waals surface area contributed by atoms with Crippen molar-refractivity contribution in [3.05, 3.63) is 5.32 Å². The van der Waals surface area contributed by atoms with Crippen molar-refractivity contribution < 1.29 is 58.2 Å². The Kier molecular flexibility index (Phi) is 18.6. The van der Waals surface area contributed by atoms with E-state index in [1.807, 2.05) is 18.8 Å².